The molecule has 1 aromatic carbocycles. The first kappa shape index (κ1) is 18.3. The van der Waals surface area contributed by atoms with Gasteiger partial charge in [-0.1, -0.05) is 25.3 Å². The van der Waals surface area contributed by atoms with Gasteiger partial charge >= 0.3 is 5.97 Å². The highest BCUT2D eigenvalue weighted by atomic mass is 16.7. The summed E-state index contributed by atoms with van der Waals surface area (Å²) in [6.45, 7) is 0.630. The van der Waals surface area contributed by atoms with E-state index in [1.54, 1.807) is 7.05 Å². The van der Waals surface area contributed by atoms with Crippen molar-refractivity contribution in [2.24, 2.45) is 7.05 Å². The van der Waals surface area contributed by atoms with Crippen molar-refractivity contribution < 1.29 is 24.2 Å². The first-order chi connectivity index (χ1) is 13.5. The molecule has 2 aromatic rings. The predicted molar refractivity (Wildman–Crippen MR) is 99.5 cm³/mol. The van der Waals surface area contributed by atoms with Crippen molar-refractivity contribution in [2.75, 3.05) is 6.79 Å². The molecular formula is C20H23N3O5. The van der Waals surface area contributed by atoms with Gasteiger partial charge in [0.05, 0.1) is 0 Å². The van der Waals surface area contributed by atoms with E-state index in [2.05, 4.69) is 5.10 Å². The lowest BCUT2D eigenvalue weighted by molar-refractivity contribution is 0.0602. The maximum Gasteiger partial charge on any atom is 0.356 e. The number of aromatic nitrogens is 2. The average molecular weight is 385 g/mol. The standard InChI is InChI=1S/C20H23N3O5/c1-22-16(10-15(21-22)20(25)26)19(24)23(14-5-3-2-4-6-14)11-13-7-8-17-18(9-13)28-12-27-17/h7-10,14H,2-6,11-12H2,1H3,(H,25,26). The smallest absolute Gasteiger partial charge is 0.356 e. The van der Waals surface area contributed by atoms with E-state index in [4.69, 9.17) is 9.47 Å². The molecule has 2 aliphatic rings. The number of amides is 1. The molecule has 1 aromatic heterocycles. The number of ether oxygens (including phenoxy) is 2. The molecular weight excluding hydrogens is 362 g/mol. The van der Waals surface area contributed by atoms with Gasteiger partial charge in [-0.25, -0.2) is 4.79 Å². The molecule has 1 aliphatic heterocycles. The summed E-state index contributed by atoms with van der Waals surface area (Å²) in [6, 6.07) is 7.16. The van der Waals surface area contributed by atoms with Crippen LogP contribution in [0.5, 0.6) is 11.5 Å². The van der Waals surface area contributed by atoms with Gasteiger partial charge < -0.3 is 19.5 Å². The van der Waals surface area contributed by atoms with Crippen LogP contribution in [0, 0.1) is 0 Å². The van der Waals surface area contributed by atoms with E-state index in [-0.39, 0.29) is 30.1 Å². The lowest BCUT2D eigenvalue weighted by Crippen LogP contribution is -2.41. The van der Waals surface area contributed by atoms with Crippen molar-refractivity contribution in [2.45, 2.75) is 44.7 Å². The molecule has 1 saturated carbocycles. The van der Waals surface area contributed by atoms with Gasteiger partial charge in [0.2, 0.25) is 6.79 Å². The van der Waals surface area contributed by atoms with Crippen LogP contribution in [0.3, 0.4) is 0 Å². The monoisotopic (exact) mass is 385 g/mol. The maximum atomic E-state index is 13.4. The number of carboxylic acids is 1. The number of hydrogen-bond donors (Lipinski definition) is 1. The Morgan fingerprint density at radius 1 is 1.18 bits per heavy atom. The number of fused-ring (bicyclic) bond motifs is 1. The summed E-state index contributed by atoms with van der Waals surface area (Å²) < 4.78 is 12.2. The molecule has 28 heavy (non-hydrogen) atoms. The quantitative estimate of drug-likeness (QED) is 0.851. The van der Waals surface area contributed by atoms with Crippen LogP contribution in [0.4, 0.5) is 0 Å². The summed E-state index contributed by atoms with van der Waals surface area (Å²) in [5.41, 5.74) is 1.10. The molecule has 4 rings (SSSR count). The van der Waals surface area contributed by atoms with Crippen LogP contribution in [0.15, 0.2) is 24.3 Å². The Labute approximate surface area is 162 Å². The number of hydrogen-bond acceptors (Lipinski definition) is 5. The number of aryl methyl sites for hydroxylation is 1. The first-order valence-corrected chi connectivity index (χ1v) is 9.50. The van der Waals surface area contributed by atoms with E-state index in [1.807, 2.05) is 23.1 Å². The third kappa shape index (κ3) is 3.54. The van der Waals surface area contributed by atoms with E-state index in [1.165, 1.54) is 17.2 Å². The molecule has 0 bridgehead atoms. The molecule has 1 amide bonds. The van der Waals surface area contributed by atoms with Crippen LogP contribution in [-0.2, 0) is 13.6 Å². The molecule has 2 heterocycles. The summed E-state index contributed by atoms with van der Waals surface area (Å²) in [5.74, 6) is 0.0426. The van der Waals surface area contributed by atoms with Gasteiger partial charge in [-0.05, 0) is 30.5 Å². The third-order valence-corrected chi connectivity index (χ3v) is 5.38. The fraction of sp³-hybridized carbons (Fsp3) is 0.450. The van der Waals surface area contributed by atoms with Crippen LogP contribution in [0.2, 0.25) is 0 Å². The normalized spacial score (nSPS) is 16.2. The molecule has 0 spiro atoms. The molecule has 8 nitrogen and oxygen atoms in total. The maximum absolute atomic E-state index is 13.4. The van der Waals surface area contributed by atoms with Gasteiger partial charge in [0.25, 0.3) is 5.91 Å². The molecule has 0 unspecified atom stereocenters. The SMILES string of the molecule is Cn1nc(C(=O)O)cc1C(=O)N(Cc1ccc2c(c1)OCO2)C1CCCCC1. The predicted octanol–water partition coefficient (Wildman–Crippen LogP) is 2.82. The Balaban J connectivity index is 1.63. The number of rotatable bonds is 5. The molecule has 8 heteroatoms. The minimum Gasteiger partial charge on any atom is -0.476 e. The Kier molecular flexibility index (Phi) is 4.93. The largest absolute Gasteiger partial charge is 0.476 e. The van der Waals surface area contributed by atoms with E-state index >= 15 is 0 Å². The number of nitrogens with zero attached hydrogens (tertiary/aromatic N) is 3. The number of aromatic carboxylic acids is 1. The Morgan fingerprint density at radius 2 is 1.93 bits per heavy atom. The summed E-state index contributed by atoms with van der Waals surface area (Å²) in [7, 11) is 1.60. The Hall–Kier alpha value is -3.03. The number of carbonyl (C=O) groups is 2. The molecule has 1 N–H and O–H groups in total. The zero-order valence-electron chi connectivity index (χ0n) is 15.8. The van der Waals surface area contributed by atoms with Crippen molar-refractivity contribution in [3.05, 3.63) is 41.2 Å². The van der Waals surface area contributed by atoms with Crippen molar-refractivity contribution in [3.63, 3.8) is 0 Å². The second-order valence-electron chi connectivity index (χ2n) is 7.26. The van der Waals surface area contributed by atoms with Gasteiger partial charge in [0, 0.05) is 25.7 Å². The molecule has 0 radical (unpaired) electrons. The van der Waals surface area contributed by atoms with Crippen molar-refractivity contribution in [1.29, 1.82) is 0 Å². The summed E-state index contributed by atoms with van der Waals surface area (Å²) in [5, 5.41) is 13.1. The van der Waals surface area contributed by atoms with Crippen molar-refractivity contribution >= 4 is 11.9 Å². The zero-order chi connectivity index (χ0) is 19.7. The van der Waals surface area contributed by atoms with Gasteiger partial charge in [0.15, 0.2) is 17.2 Å². The van der Waals surface area contributed by atoms with Crippen molar-refractivity contribution in [1.82, 2.24) is 14.7 Å². The Morgan fingerprint density at radius 3 is 2.64 bits per heavy atom. The van der Waals surface area contributed by atoms with E-state index in [0.717, 1.165) is 31.2 Å². The molecule has 1 fully saturated rings. The van der Waals surface area contributed by atoms with E-state index in [0.29, 0.717) is 18.0 Å². The number of benzene rings is 1. The lowest BCUT2D eigenvalue weighted by Gasteiger charge is -2.34. The van der Waals surface area contributed by atoms with Crippen LogP contribution >= 0.6 is 0 Å². The van der Waals surface area contributed by atoms with Crippen molar-refractivity contribution in [3.8, 4) is 11.5 Å². The summed E-state index contributed by atoms with van der Waals surface area (Å²) in [4.78, 5) is 26.4. The molecule has 148 valence electrons. The molecule has 1 aliphatic carbocycles. The third-order valence-electron chi connectivity index (χ3n) is 5.38. The molecule has 0 atom stereocenters. The second kappa shape index (κ2) is 7.53. The highest BCUT2D eigenvalue weighted by Gasteiger charge is 2.29. The minimum absolute atomic E-state index is 0.120. The van der Waals surface area contributed by atoms with Gasteiger partial charge in [-0.15, -0.1) is 0 Å². The second-order valence-corrected chi connectivity index (χ2v) is 7.26. The minimum atomic E-state index is -1.14. The van der Waals surface area contributed by atoms with Gasteiger partial charge in [-0.3, -0.25) is 9.48 Å². The summed E-state index contributed by atoms with van der Waals surface area (Å²) in [6.07, 6.45) is 5.24. The highest BCUT2D eigenvalue weighted by Crippen LogP contribution is 2.34. The lowest BCUT2D eigenvalue weighted by atomic mass is 9.93. The van der Waals surface area contributed by atoms with E-state index < -0.39 is 5.97 Å². The van der Waals surface area contributed by atoms with Crippen LogP contribution in [0.1, 0.15) is 58.6 Å². The van der Waals surface area contributed by atoms with Crippen LogP contribution in [-0.4, -0.2) is 44.5 Å². The Bertz CT molecular complexity index is 901. The van der Waals surface area contributed by atoms with Crippen LogP contribution in [0.25, 0.3) is 0 Å². The zero-order valence-corrected chi connectivity index (χ0v) is 15.8. The van der Waals surface area contributed by atoms with Gasteiger partial charge in [-0.2, -0.15) is 5.10 Å². The molecule has 0 saturated heterocycles. The number of carboxylic acid groups (broad SMARTS) is 1. The summed E-state index contributed by atoms with van der Waals surface area (Å²) >= 11 is 0. The van der Waals surface area contributed by atoms with Gasteiger partial charge in [0.1, 0.15) is 5.69 Å². The van der Waals surface area contributed by atoms with E-state index in [9.17, 15) is 14.7 Å². The van der Waals surface area contributed by atoms with Crippen LogP contribution < -0.4 is 9.47 Å². The topological polar surface area (TPSA) is 93.9 Å². The first-order valence-electron chi connectivity index (χ1n) is 9.50. The fourth-order valence-electron chi connectivity index (χ4n) is 3.91. The highest BCUT2D eigenvalue weighted by molar-refractivity contribution is 5.95. The average Bonchev–Trinajstić information content (AvgIpc) is 3.32. The fourth-order valence-corrected chi connectivity index (χ4v) is 3.91. The number of carbonyl (C=O) groups excluding carboxylic acids is 1.